The van der Waals surface area contributed by atoms with Gasteiger partial charge >= 0.3 is 0 Å². The monoisotopic (exact) mass is 422 g/mol. The van der Waals surface area contributed by atoms with Gasteiger partial charge in [-0.1, -0.05) is 19.3 Å². The van der Waals surface area contributed by atoms with Crippen LogP contribution in [0.5, 0.6) is 0 Å². The van der Waals surface area contributed by atoms with E-state index in [1.165, 1.54) is 19.3 Å². The number of aryl methyl sites for hydroxylation is 2. The van der Waals surface area contributed by atoms with Gasteiger partial charge in [-0.05, 0) is 25.8 Å². The Morgan fingerprint density at radius 3 is 2.68 bits per heavy atom. The molecule has 1 aliphatic heterocycles. The molecule has 2 aliphatic rings. The summed E-state index contributed by atoms with van der Waals surface area (Å²) in [5.41, 5.74) is 2.60. The number of hydrogen-bond acceptors (Lipinski definition) is 6. The number of pyridine rings is 1. The molecule has 1 aliphatic carbocycles. The van der Waals surface area contributed by atoms with Crippen LogP contribution in [0.1, 0.15) is 60.8 Å². The third-order valence-corrected chi connectivity index (χ3v) is 6.89. The number of nitrogens with zero attached hydrogens (tertiary/aromatic N) is 5. The fourth-order valence-electron chi connectivity index (χ4n) is 5.04. The molecule has 3 aromatic heterocycles. The molecule has 3 aromatic rings. The minimum atomic E-state index is -0.749. The molecule has 0 spiro atoms. The van der Waals surface area contributed by atoms with E-state index >= 15 is 0 Å². The number of rotatable bonds is 3. The smallest absolute Gasteiger partial charge is 0.262 e. The minimum Gasteiger partial charge on any atom is -0.361 e. The van der Waals surface area contributed by atoms with E-state index in [0.717, 1.165) is 36.3 Å². The predicted molar refractivity (Wildman–Crippen MR) is 118 cm³/mol. The fourth-order valence-corrected chi connectivity index (χ4v) is 5.04. The third kappa shape index (κ3) is 3.38. The first-order valence-corrected chi connectivity index (χ1v) is 11.2. The van der Waals surface area contributed by atoms with Crippen LogP contribution in [-0.4, -0.2) is 44.0 Å². The summed E-state index contributed by atoms with van der Waals surface area (Å²) in [5, 5.41) is 8.52. The van der Waals surface area contributed by atoms with Crippen LogP contribution in [0.4, 0.5) is 0 Å². The topological polar surface area (TPSA) is 86.9 Å². The van der Waals surface area contributed by atoms with Gasteiger partial charge in [0, 0.05) is 44.9 Å². The molecule has 0 bridgehead atoms. The second-order valence-electron chi connectivity index (χ2n) is 8.90. The SMILES string of the molecule is Cc1nc2cc([C@]3(c4cnn(C)c4)CNCCO3)nc(C3CCCCC3)c2c(=O)n1C. The molecule has 0 unspecified atom stereocenters. The Labute approximate surface area is 181 Å². The lowest BCUT2D eigenvalue weighted by molar-refractivity contribution is -0.0433. The molecule has 0 amide bonds. The summed E-state index contributed by atoms with van der Waals surface area (Å²) in [6.45, 7) is 3.85. The number of aromatic nitrogens is 5. The molecule has 1 atom stereocenters. The summed E-state index contributed by atoms with van der Waals surface area (Å²) in [5.74, 6) is 0.971. The first kappa shape index (κ1) is 20.3. The fraction of sp³-hybridized carbons (Fsp3) is 0.565. The van der Waals surface area contributed by atoms with Crippen LogP contribution in [0.15, 0.2) is 23.3 Å². The van der Waals surface area contributed by atoms with Crippen molar-refractivity contribution in [3.63, 3.8) is 0 Å². The van der Waals surface area contributed by atoms with Gasteiger partial charge in [-0.25, -0.2) is 4.98 Å². The molecule has 0 radical (unpaired) electrons. The average molecular weight is 423 g/mol. The maximum atomic E-state index is 13.3. The maximum Gasteiger partial charge on any atom is 0.262 e. The Bertz CT molecular complexity index is 1170. The highest BCUT2D eigenvalue weighted by molar-refractivity contribution is 5.81. The molecular formula is C23H30N6O2. The number of fused-ring (bicyclic) bond motifs is 1. The Kier molecular flexibility index (Phi) is 5.14. The van der Waals surface area contributed by atoms with Crippen molar-refractivity contribution in [1.82, 2.24) is 29.6 Å². The number of hydrogen-bond donors (Lipinski definition) is 1. The van der Waals surface area contributed by atoms with E-state index in [-0.39, 0.29) is 11.5 Å². The predicted octanol–water partition coefficient (Wildman–Crippen LogP) is 2.28. The summed E-state index contributed by atoms with van der Waals surface area (Å²) >= 11 is 0. The van der Waals surface area contributed by atoms with Gasteiger partial charge in [0.2, 0.25) is 0 Å². The van der Waals surface area contributed by atoms with E-state index in [1.807, 2.05) is 32.4 Å². The summed E-state index contributed by atoms with van der Waals surface area (Å²) in [4.78, 5) is 23.3. The Morgan fingerprint density at radius 2 is 2.00 bits per heavy atom. The lowest BCUT2D eigenvalue weighted by Crippen LogP contribution is -2.48. The minimum absolute atomic E-state index is 0.0137. The first-order chi connectivity index (χ1) is 15.0. The zero-order valence-corrected chi connectivity index (χ0v) is 18.5. The molecular weight excluding hydrogens is 392 g/mol. The second kappa shape index (κ2) is 7.84. The molecule has 8 nitrogen and oxygen atoms in total. The quantitative estimate of drug-likeness (QED) is 0.697. The van der Waals surface area contributed by atoms with Gasteiger partial charge in [-0.3, -0.25) is 19.0 Å². The van der Waals surface area contributed by atoms with E-state index in [9.17, 15) is 4.79 Å². The zero-order chi connectivity index (χ0) is 21.6. The van der Waals surface area contributed by atoms with Crippen LogP contribution in [0.3, 0.4) is 0 Å². The van der Waals surface area contributed by atoms with Crippen molar-refractivity contribution in [2.45, 2.75) is 50.5 Å². The van der Waals surface area contributed by atoms with Crippen molar-refractivity contribution in [2.75, 3.05) is 19.7 Å². The summed E-state index contributed by atoms with van der Waals surface area (Å²) in [6.07, 6.45) is 9.54. The van der Waals surface area contributed by atoms with Crippen LogP contribution >= 0.6 is 0 Å². The van der Waals surface area contributed by atoms with Crippen LogP contribution in [-0.2, 0) is 24.4 Å². The molecule has 4 heterocycles. The molecule has 1 saturated carbocycles. The summed E-state index contributed by atoms with van der Waals surface area (Å²) in [7, 11) is 3.69. The molecule has 8 heteroatoms. The zero-order valence-electron chi connectivity index (χ0n) is 18.5. The van der Waals surface area contributed by atoms with E-state index in [4.69, 9.17) is 14.7 Å². The van der Waals surface area contributed by atoms with Gasteiger partial charge in [0.25, 0.3) is 5.56 Å². The molecule has 1 saturated heterocycles. The molecule has 31 heavy (non-hydrogen) atoms. The number of nitrogens with one attached hydrogen (secondary N) is 1. The first-order valence-electron chi connectivity index (χ1n) is 11.2. The lowest BCUT2D eigenvalue weighted by Gasteiger charge is -2.37. The molecule has 0 aromatic carbocycles. The summed E-state index contributed by atoms with van der Waals surface area (Å²) < 4.78 is 9.86. The van der Waals surface area contributed by atoms with Gasteiger partial charge in [-0.15, -0.1) is 0 Å². The van der Waals surface area contributed by atoms with Gasteiger partial charge in [0.15, 0.2) is 5.60 Å². The van der Waals surface area contributed by atoms with Crippen molar-refractivity contribution in [3.8, 4) is 0 Å². The normalized spacial score (nSPS) is 22.8. The Hall–Kier alpha value is -2.58. The molecule has 5 rings (SSSR count). The Morgan fingerprint density at radius 1 is 1.19 bits per heavy atom. The van der Waals surface area contributed by atoms with Crippen molar-refractivity contribution in [3.05, 3.63) is 51.6 Å². The maximum absolute atomic E-state index is 13.3. The van der Waals surface area contributed by atoms with Gasteiger partial charge in [0.1, 0.15) is 5.82 Å². The lowest BCUT2D eigenvalue weighted by atomic mass is 9.84. The van der Waals surface area contributed by atoms with Crippen molar-refractivity contribution in [1.29, 1.82) is 0 Å². The Balaban J connectivity index is 1.78. The van der Waals surface area contributed by atoms with Crippen molar-refractivity contribution >= 4 is 10.9 Å². The second-order valence-corrected chi connectivity index (χ2v) is 8.90. The van der Waals surface area contributed by atoms with Crippen LogP contribution in [0.25, 0.3) is 10.9 Å². The van der Waals surface area contributed by atoms with Crippen LogP contribution in [0, 0.1) is 6.92 Å². The highest BCUT2D eigenvalue weighted by Crippen LogP contribution is 2.39. The molecule has 164 valence electrons. The highest BCUT2D eigenvalue weighted by Gasteiger charge is 2.41. The number of ether oxygens (including phenoxy) is 1. The number of morpholine rings is 1. The van der Waals surface area contributed by atoms with Crippen molar-refractivity contribution in [2.24, 2.45) is 14.1 Å². The van der Waals surface area contributed by atoms with E-state index in [2.05, 4.69) is 10.4 Å². The van der Waals surface area contributed by atoms with Gasteiger partial charge < -0.3 is 10.1 Å². The highest BCUT2D eigenvalue weighted by atomic mass is 16.5. The van der Waals surface area contributed by atoms with Crippen LogP contribution in [0.2, 0.25) is 0 Å². The third-order valence-electron chi connectivity index (χ3n) is 6.89. The standard InChI is InChI=1S/C23H30N6O2/c1-15-26-18-11-19(23(14-24-9-10-31-23)17-12-25-28(2)13-17)27-21(16-7-5-4-6-8-16)20(18)22(30)29(15)3/h11-13,16,24H,4-10,14H2,1-3H3/t23-/m1/s1. The van der Waals surface area contributed by atoms with Crippen molar-refractivity contribution < 1.29 is 4.74 Å². The largest absolute Gasteiger partial charge is 0.361 e. The molecule has 2 fully saturated rings. The molecule has 1 N–H and O–H groups in total. The van der Waals surface area contributed by atoms with E-state index in [1.54, 1.807) is 16.3 Å². The van der Waals surface area contributed by atoms with E-state index < -0.39 is 5.60 Å². The van der Waals surface area contributed by atoms with E-state index in [0.29, 0.717) is 29.9 Å². The average Bonchev–Trinajstić information content (AvgIpc) is 3.24. The van der Waals surface area contributed by atoms with Gasteiger partial charge in [-0.2, -0.15) is 5.10 Å². The van der Waals surface area contributed by atoms with Crippen LogP contribution < -0.4 is 10.9 Å². The van der Waals surface area contributed by atoms with Gasteiger partial charge in [0.05, 0.1) is 35.1 Å². The summed E-state index contributed by atoms with van der Waals surface area (Å²) in [6, 6.07) is 1.95.